The van der Waals surface area contributed by atoms with Gasteiger partial charge in [-0.2, -0.15) is 0 Å². The van der Waals surface area contributed by atoms with E-state index in [0.29, 0.717) is 5.75 Å². The lowest BCUT2D eigenvalue weighted by atomic mass is 10.2. The van der Waals surface area contributed by atoms with Crippen molar-refractivity contribution in [2.45, 2.75) is 17.6 Å². The Morgan fingerprint density at radius 2 is 2.00 bits per heavy atom. The van der Waals surface area contributed by atoms with E-state index in [1.165, 1.54) is 0 Å². The summed E-state index contributed by atoms with van der Waals surface area (Å²) in [5, 5.41) is 0. The number of hydrogen-bond donors (Lipinski definition) is 0. The fourth-order valence-electron chi connectivity index (χ4n) is 1.36. The van der Waals surface area contributed by atoms with Gasteiger partial charge in [0.25, 0.3) is 0 Å². The summed E-state index contributed by atoms with van der Waals surface area (Å²) in [6.45, 7) is 1.57. The van der Waals surface area contributed by atoms with Gasteiger partial charge in [-0.1, -0.05) is 12.1 Å². The van der Waals surface area contributed by atoms with E-state index < -0.39 is 0 Å². The van der Waals surface area contributed by atoms with Crippen LogP contribution >= 0.6 is 11.8 Å². The maximum absolute atomic E-state index is 11.2. The summed E-state index contributed by atoms with van der Waals surface area (Å²) in [5.74, 6) is 1.59. The van der Waals surface area contributed by atoms with Crippen molar-refractivity contribution in [3.63, 3.8) is 0 Å². The smallest absolute Gasteiger partial charge is 0.159 e. The van der Waals surface area contributed by atoms with E-state index in [1.54, 1.807) is 37.1 Å². The summed E-state index contributed by atoms with van der Waals surface area (Å²) in [4.78, 5) is 20.6. The molecule has 2 rings (SSSR count). The van der Waals surface area contributed by atoms with Crippen LogP contribution in [0.5, 0.6) is 0 Å². The van der Waals surface area contributed by atoms with Crippen molar-refractivity contribution >= 4 is 17.5 Å². The normalized spacial score (nSPS) is 10.2. The standard InChI is InChI=1S/C13H12N2OS/c1-10(16)11-4-2-5-12(8-11)17-9-13-14-6-3-7-15-13/h2-8H,9H2,1H3. The van der Waals surface area contributed by atoms with Gasteiger partial charge in [-0.25, -0.2) is 9.97 Å². The SMILES string of the molecule is CC(=O)c1cccc(SCc2ncccn2)c1. The van der Waals surface area contributed by atoms with Crippen molar-refractivity contribution in [1.29, 1.82) is 0 Å². The number of nitrogens with zero attached hydrogens (tertiary/aromatic N) is 2. The Balaban J connectivity index is 2.04. The molecule has 0 aliphatic carbocycles. The summed E-state index contributed by atoms with van der Waals surface area (Å²) >= 11 is 1.63. The van der Waals surface area contributed by atoms with Crippen molar-refractivity contribution in [3.05, 3.63) is 54.1 Å². The third kappa shape index (κ3) is 3.39. The van der Waals surface area contributed by atoms with Gasteiger partial charge < -0.3 is 0 Å². The van der Waals surface area contributed by atoms with Gasteiger partial charge in [-0.15, -0.1) is 11.8 Å². The number of thioether (sulfide) groups is 1. The Morgan fingerprint density at radius 1 is 1.24 bits per heavy atom. The minimum absolute atomic E-state index is 0.0865. The number of Topliss-reactive ketones (excluding diaryl/α,β-unsaturated/α-hetero) is 1. The summed E-state index contributed by atoms with van der Waals surface area (Å²) in [6, 6.07) is 9.40. The van der Waals surface area contributed by atoms with Crippen LogP contribution in [0, 0.1) is 0 Å². The summed E-state index contributed by atoms with van der Waals surface area (Å²) in [7, 11) is 0. The zero-order valence-electron chi connectivity index (χ0n) is 9.46. The van der Waals surface area contributed by atoms with Crippen LogP contribution in [-0.2, 0) is 5.75 Å². The lowest BCUT2D eigenvalue weighted by Crippen LogP contribution is -1.92. The lowest BCUT2D eigenvalue weighted by molar-refractivity contribution is 0.101. The number of hydrogen-bond acceptors (Lipinski definition) is 4. The Labute approximate surface area is 104 Å². The summed E-state index contributed by atoms with van der Waals surface area (Å²) < 4.78 is 0. The summed E-state index contributed by atoms with van der Waals surface area (Å²) in [5.41, 5.74) is 0.740. The van der Waals surface area contributed by atoms with E-state index in [4.69, 9.17) is 0 Å². The molecule has 1 aromatic heterocycles. The van der Waals surface area contributed by atoms with Gasteiger partial charge in [0.05, 0.1) is 5.75 Å². The first-order chi connectivity index (χ1) is 8.25. The first-order valence-electron chi connectivity index (χ1n) is 5.25. The number of ketones is 1. The first-order valence-corrected chi connectivity index (χ1v) is 6.24. The molecule has 17 heavy (non-hydrogen) atoms. The van der Waals surface area contributed by atoms with E-state index in [-0.39, 0.29) is 5.78 Å². The third-order valence-corrected chi connectivity index (χ3v) is 3.22. The summed E-state index contributed by atoms with van der Waals surface area (Å²) in [6.07, 6.45) is 3.46. The second kappa shape index (κ2) is 5.59. The molecule has 0 saturated carbocycles. The van der Waals surface area contributed by atoms with Gasteiger partial charge in [0.15, 0.2) is 5.78 Å². The molecule has 86 valence electrons. The van der Waals surface area contributed by atoms with Crippen LogP contribution in [0.15, 0.2) is 47.6 Å². The number of carbonyl (C=O) groups is 1. The maximum atomic E-state index is 11.2. The molecule has 0 atom stereocenters. The van der Waals surface area contributed by atoms with Crippen LogP contribution in [0.3, 0.4) is 0 Å². The van der Waals surface area contributed by atoms with Crippen LogP contribution in [0.2, 0.25) is 0 Å². The molecule has 0 bridgehead atoms. The molecule has 0 radical (unpaired) electrons. The minimum atomic E-state index is 0.0865. The monoisotopic (exact) mass is 244 g/mol. The van der Waals surface area contributed by atoms with Crippen molar-refractivity contribution < 1.29 is 4.79 Å². The average Bonchev–Trinajstić information content (AvgIpc) is 2.38. The molecular formula is C13H12N2OS. The van der Waals surface area contributed by atoms with Crippen molar-refractivity contribution in [2.75, 3.05) is 0 Å². The molecule has 2 aromatic rings. The van der Waals surface area contributed by atoms with Gasteiger partial charge in [-0.3, -0.25) is 4.79 Å². The molecule has 1 heterocycles. The number of benzene rings is 1. The third-order valence-electron chi connectivity index (χ3n) is 2.23. The quantitative estimate of drug-likeness (QED) is 0.612. The molecule has 0 aliphatic rings. The number of aromatic nitrogens is 2. The van der Waals surface area contributed by atoms with Gasteiger partial charge >= 0.3 is 0 Å². The highest BCUT2D eigenvalue weighted by atomic mass is 32.2. The van der Waals surface area contributed by atoms with Gasteiger partial charge in [0.2, 0.25) is 0 Å². The number of rotatable bonds is 4. The average molecular weight is 244 g/mol. The molecule has 0 aliphatic heterocycles. The Kier molecular flexibility index (Phi) is 3.88. The van der Waals surface area contributed by atoms with Crippen molar-refractivity contribution in [2.24, 2.45) is 0 Å². The second-order valence-electron chi connectivity index (χ2n) is 3.54. The largest absolute Gasteiger partial charge is 0.295 e. The molecule has 4 heteroatoms. The van der Waals surface area contributed by atoms with Crippen LogP contribution in [0.1, 0.15) is 23.1 Å². The molecule has 0 N–H and O–H groups in total. The second-order valence-corrected chi connectivity index (χ2v) is 4.59. The Bertz CT molecular complexity index is 514. The molecule has 0 unspecified atom stereocenters. The first kappa shape index (κ1) is 11.8. The van der Waals surface area contributed by atoms with Crippen LogP contribution in [0.25, 0.3) is 0 Å². The zero-order chi connectivity index (χ0) is 12.1. The predicted octanol–water partition coefficient (Wildman–Crippen LogP) is 2.97. The highest BCUT2D eigenvalue weighted by molar-refractivity contribution is 7.98. The van der Waals surface area contributed by atoms with E-state index in [2.05, 4.69) is 9.97 Å². The fourth-order valence-corrected chi connectivity index (χ4v) is 2.19. The van der Waals surface area contributed by atoms with Gasteiger partial charge in [0, 0.05) is 22.9 Å². The van der Waals surface area contributed by atoms with Crippen molar-refractivity contribution in [3.8, 4) is 0 Å². The van der Waals surface area contributed by atoms with Crippen molar-refractivity contribution in [1.82, 2.24) is 9.97 Å². The molecule has 1 aromatic carbocycles. The molecule has 0 saturated heterocycles. The Morgan fingerprint density at radius 3 is 2.71 bits per heavy atom. The van der Waals surface area contributed by atoms with Crippen LogP contribution in [-0.4, -0.2) is 15.8 Å². The lowest BCUT2D eigenvalue weighted by Gasteiger charge is -2.02. The maximum Gasteiger partial charge on any atom is 0.159 e. The molecule has 0 fully saturated rings. The van der Waals surface area contributed by atoms with E-state index in [9.17, 15) is 4.79 Å². The van der Waals surface area contributed by atoms with Gasteiger partial charge in [0.1, 0.15) is 5.82 Å². The predicted molar refractivity (Wildman–Crippen MR) is 68.0 cm³/mol. The molecule has 3 nitrogen and oxygen atoms in total. The minimum Gasteiger partial charge on any atom is -0.295 e. The van der Waals surface area contributed by atoms with Crippen LogP contribution < -0.4 is 0 Å². The topological polar surface area (TPSA) is 42.9 Å². The zero-order valence-corrected chi connectivity index (χ0v) is 10.3. The van der Waals surface area contributed by atoms with Crippen LogP contribution in [0.4, 0.5) is 0 Å². The molecular weight excluding hydrogens is 232 g/mol. The molecule has 0 spiro atoms. The van der Waals surface area contributed by atoms with E-state index >= 15 is 0 Å². The van der Waals surface area contributed by atoms with E-state index in [1.807, 2.05) is 24.3 Å². The van der Waals surface area contributed by atoms with Gasteiger partial charge in [-0.05, 0) is 25.1 Å². The highest BCUT2D eigenvalue weighted by Gasteiger charge is 2.02. The molecule has 0 amide bonds. The highest BCUT2D eigenvalue weighted by Crippen LogP contribution is 2.22. The number of carbonyl (C=O) groups excluding carboxylic acids is 1. The Hall–Kier alpha value is -1.68. The fraction of sp³-hybridized carbons (Fsp3) is 0.154. The van der Waals surface area contributed by atoms with E-state index in [0.717, 1.165) is 16.3 Å².